The van der Waals surface area contributed by atoms with E-state index in [4.69, 9.17) is 15.1 Å². The monoisotopic (exact) mass is 427 g/mol. The minimum atomic E-state index is -0.249. The Morgan fingerprint density at radius 2 is 1.94 bits per heavy atom. The molecule has 0 saturated heterocycles. The number of ether oxygens (including phenoxy) is 1. The summed E-state index contributed by atoms with van der Waals surface area (Å²) >= 11 is 0. The van der Waals surface area contributed by atoms with Crippen molar-refractivity contribution in [2.75, 3.05) is 18.2 Å². The summed E-state index contributed by atoms with van der Waals surface area (Å²) in [5.74, 6) is 0.525. The van der Waals surface area contributed by atoms with Gasteiger partial charge in [-0.15, -0.1) is 0 Å². The molecule has 8 nitrogen and oxygen atoms in total. The molecule has 160 valence electrons. The number of carbonyl (C=O) groups excluding carboxylic acids is 1. The van der Waals surface area contributed by atoms with Crippen LogP contribution >= 0.6 is 0 Å². The number of nitrogen functional groups attached to an aromatic ring is 1. The van der Waals surface area contributed by atoms with Crippen molar-refractivity contribution in [2.45, 2.75) is 13.5 Å². The molecule has 5 rings (SSSR count). The lowest BCUT2D eigenvalue weighted by Crippen LogP contribution is -2.11. The maximum absolute atomic E-state index is 12.8. The number of hydrogen-bond acceptors (Lipinski definition) is 6. The minimum absolute atomic E-state index is 0.249. The Hall–Kier alpha value is -4.33. The molecule has 0 bridgehead atoms. The van der Waals surface area contributed by atoms with E-state index in [1.165, 1.54) is 0 Å². The maximum Gasteiger partial charge on any atom is 0.255 e. The number of fused-ring (bicyclic) bond motifs is 2. The van der Waals surface area contributed by atoms with Crippen molar-refractivity contribution >= 4 is 39.2 Å². The first-order valence-electron chi connectivity index (χ1n) is 10.2. The molecule has 3 N–H and O–H groups in total. The van der Waals surface area contributed by atoms with Gasteiger partial charge in [0.1, 0.15) is 16.8 Å². The molecule has 2 aromatic heterocycles. The molecule has 32 heavy (non-hydrogen) atoms. The summed E-state index contributed by atoms with van der Waals surface area (Å²) in [5, 5.41) is 11.5. The molecule has 0 fully saturated rings. The summed E-state index contributed by atoms with van der Waals surface area (Å²) < 4.78 is 12.2. The van der Waals surface area contributed by atoms with Gasteiger partial charge in [-0.2, -0.15) is 0 Å². The number of amides is 1. The average Bonchev–Trinajstić information content (AvgIpc) is 3.40. The maximum atomic E-state index is 12.8. The number of aryl methyl sites for hydroxylation is 1. The van der Waals surface area contributed by atoms with Crippen LogP contribution in [0.15, 0.2) is 65.3 Å². The molecule has 0 spiro atoms. The smallest absolute Gasteiger partial charge is 0.255 e. The predicted molar refractivity (Wildman–Crippen MR) is 124 cm³/mol. The Morgan fingerprint density at radius 1 is 1.09 bits per heavy atom. The van der Waals surface area contributed by atoms with Crippen LogP contribution in [0.4, 0.5) is 11.4 Å². The summed E-state index contributed by atoms with van der Waals surface area (Å²) in [6.07, 6.45) is 0. The highest BCUT2D eigenvalue weighted by Crippen LogP contribution is 2.38. The van der Waals surface area contributed by atoms with Gasteiger partial charge in [-0.3, -0.25) is 4.79 Å². The zero-order valence-electron chi connectivity index (χ0n) is 17.6. The molecule has 0 aliphatic carbocycles. The lowest BCUT2D eigenvalue weighted by molar-refractivity contribution is 0.102. The fraction of sp³-hybridized carbons (Fsp3) is 0.125. The van der Waals surface area contributed by atoms with Gasteiger partial charge in [0, 0.05) is 34.8 Å². The molecule has 0 radical (unpaired) electrons. The highest BCUT2D eigenvalue weighted by Gasteiger charge is 2.17. The van der Waals surface area contributed by atoms with Crippen LogP contribution in [0.5, 0.6) is 5.75 Å². The van der Waals surface area contributed by atoms with E-state index in [1.54, 1.807) is 25.3 Å². The topological polar surface area (TPSA) is 108 Å². The summed E-state index contributed by atoms with van der Waals surface area (Å²) in [4.78, 5) is 12.8. The second-order valence-electron chi connectivity index (χ2n) is 7.39. The number of carbonyl (C=O) groups is 1. The summed E-state index contributed by atoms with van der Waals surface area (Å²) in [6.45, 7) is 2.81. The van der Waals surface area contributed by atoms with E-state index >= 15 is 0 Å². The summed E-state index contributed by atoms with van der Waals surface area (Å²) in [7, 11) is 1.65. The number of anilines is 2. The predicted octanol–water partition coefficient (Wildman–Crippen LogP) is 4.71. The van der Waals surface area contributed by atoms with Crippen LogP contribution in [0.3, 0.4) is 0 Å². The van der Waals surface area contributed by atoms with Crippen molar-refractivity contribution in [1.82, 2.24) is 14.9 Å². The second-order valence-corrected chi connectivity index (χ2v) is 7.39. The Bertz CT molecular complexity index is 1470. The van der Waals surface area contributed by atoms with Gasteiger partial charge in [-0.1, -0.05) is 12.1 Å². The van der Waals surface area contributed by atoms with Crippen LogP contribution in [0, 0.1) is 0 Å². The molecular weight excluding hydrogens is 406 g/mol. The van der Waals surface area contributed by atoms with E-state index in [0.29, 0.717) is 28.0 Å². The molecule has 2 heterocycles. The number of benzene rings is 3. The van der Waals surface area contributed by atoms with Gasteiger partial charge >= 0.3 is 0 Å². The van der Waals surface area contributed by atoms with E-state index in [0.717, 1.165) is 34.5 Å². The number of rotatable bonds is 5. The van der Waals surface area contributed by atoms with E-state index in [2.05, 4.69) is 27.1 Å². The van der Waals surface area contributed by atoms with Crippen molar-refractivity contribution < 1.29 is 14.2 Å². The average molecular weight is 427 g/mol. The zero-order chi connectivity index (χ0) is 22.2. The molecule has 8 heteroatoms. The first-order chi connectivity index (χ1) is 15.6. The number of nitrogens with one attached hydrogen (secondary N) is 1. The second kappa shape index (κ2) is 7.73. The van der Waals surface area contributed by atoms with Crippen molar-refractivity contribution in [1.29, 1.82) is 0 Å². The van der Waals surface area contributed by atoms with Crippen molar-refractivity contribution in [3.05, 3.63) is 66.2 Å². The summed E-state index contributed by atoms with van der Waals surface area (Å²) in [5.41, 5.74) is 12.3. The van der Waals surface area contributed by atoms with Crippen LogP contribution in [-0.2, 0) is 6.54 Å². The number of nitrogens with zero attached hydrogens (tertiary/aromatic N) is 3. The fourth-order valence-electron chi connectivity index (χ4n) is 3.99. The molecular formula is C24H21N5O3. The van der Waals surface area contributed by atoms with Crippen LogP contribution < -0.4 is 15.8 Å². The van der Waals surface area contributed by atoms with Gasteiger partial charge in [0.25, 0.3) is 5.91 Å². The van der Waals surface area contributed by atoms with Crippen molar-refractivity contribution in [3.63, 3.8) is 0 Å². The normalized spacial score (nSPS) is 11.2. The summed E-state index contributed by atoms with van der Waals surface area (Å²) in [6, 6.07) is 18.5. The van der Waals surface area contributed by atoms with E-state index in [1.807, 2.05) is 42.5 Å². The lowest BCUT2D eigenvalue weighted by Gasteiger charge is -2.11. The third-order valence-electron chi connectivity index (χ3n) is 5.54. The first-order valence-corrected chi connectivity index (χ1v) is 10.2. The molecule has 0 saturated carbocycles. The van der Waals surface area contributed by atoms with Crippen LogP contribution in [0.2, 0.25) is 0 Å². The third-order valence-corrected chi connectivity index (χ3v) is 5.54. The van der Waals surface area contributed by atoms with Crippen LogP contribution in [-0.4, -0.2) is 27.9 Å². The number of methoxy groups -OCH3 is 1. The lowest BCUT2D eigenvalue weighted by atomic mass is 10.1. The van der Waals surface area contributed by atoms with Gasteiger partial charge in [-0.25, -0.2) is 4.63 Å². The largest absolute Gasteiger partial charge is 0.497 e. The number of aromatic nitrogens is 3. The van der Waals surface area contributed by atoms with E-state index in [-0.39, 0.29) is 5.91 Å². The Labute approximate surface area is 183 Å². The molecule has 0 aliphatic rings. The van der Waals surface area contributed by atoms with E-state index in [9.17, 15) is 4.79 Å². The number of nitrogens with two attached hydrogens (primary N) is 1. The third kappa shape index (κ3) is 3.22. The Morgan fingerprint density at radius 3 is 2.75 bits per heavy atom. The first kappa shape index (κ1) is 19.6. The quantitative estimate of drug-likeness (QED) is 0.421. The van der Waals surface area contributed by atoms with Gasteiger partial charge in [0.05, 0.1) is 24.0 Å². The zero-order valence-corrected chi connectivity index (χ0v) is 17.6. The molecule has 3 aromatic carbocycles. The van der Waals surface area contributed by atoms with E-state index < -0.39 is 0 Å². The molecule has 0 atom stereocenters. The Balaban J connectivity index is 1.52. The van der Waals surface area contributed by atoms with Gasteiger partial charge in [0.2, 0.25) is 0 Å². The number of hydrogen-bond donors (Lipinski definition) is 2. The van der Waals surface area contributed by atoms with Crippen LogP contribution in [0.25, 0.3) is 33.2 Å². The minimum Gasteiger partial charge on any atom is -0.497 e. The fourth-order valence-corrected chi connectivity index (χ4v) is 3.99. The highest BCUT2D eigenvalue weighted by molar-refractivity contribution is 6.06. The molecule has 1 amide bonds. The van der Waals surface area contributed by atoms with Gasteiger partial charge < -0.3 is 20.4 Å². The standard InChI is InChI=1S/C24H21N5O3/c1-3-29-21-13-17(31-2)8-9-18(21)22(25)23(29)14-5-4-6-16(11-14)26-24(30)15-7-10-19-20(12-15)28-32-27-19/h4-13H,3,25H2,1-2H3,(H,26,30). The molecule has 0 unspecified atom stereocenters. The van der Waals surface area contributed by atoms with Crippen molar-refractivity contribution in [2.24, 2.45) is 0 Å². The van der Waals surface area contributed by atoms with Gasteiger partial charge in [-0.05, 0) is 59.7 Å². The highest BCUT2D eigenvalue weighted by atomic mass is 16.6. The van der Waals surface area contributed by atoms with Gasteiger partial charge in [0.15, 0.2) is 0 Å². The molecule has 0 aliphatic heterocycles. The van der Waals surface area contributed by atoms with Crippen molar-refractivity contribution in [3.8, 4) is 17.0 Å². The molecule has 5 aromatic rings. The van der Waals surface area contributed by atoms with Crippen LogP contribution in [0.1, 0.15) is 17.3 Å². The SMILES string of the molecule is CCn1c(-c2cccc(NC(=O)c3ccc4nonc4c3)c2)c(N)c2ccc(OC)cc21. The Kier molecular flexibility index (Phi) is 4.74.